The van der Waals surface area contributed by atoms with E-state index in [-0.39, 0.29) is 12.5 Å². The molecule has 0 aliphatic rings. The van der Waals surface area contributed by atoms with Crippen molar-refractivity contribution in [2.75, 3.05) is 6.61 Å². The van der Waals surface area contributed by atoms with Crippen LogP contribution in [0.5, 0.6) is 0 Å². The van der Waals surface area contributed by atoms with E-state index < -0.39 is 11.9 Å². The minimum absolute atomic E-state index is 0.0198. The highest BCUT2D eigenvalue weighted by Gasteiger charge is 2.13. The third-order valence-corrected chi connectivity index (χ3v) is 1.03. The molecule has 0 radical (unpaired) electrons. The minimum atomic E-state index is -1.58. The number of esters is 1. The van der Waals surface area contributed by atoms with E-state index >= 15 is 0 Å². The van der Waals surface area contributed by atoms with Crippen molar-refractivity contribution >= 4 is 11.9 Å². The Morgan fingerprint density at radius 1 is 1.58 bits per heavy atom. The van der Waals surface area contributed by atoms with Crippen molar-refractivity contribution < 1.29 is 19.4 Å². The van der Waals surface area contributed by atoms with Gasteiger partial charge in [0.1, 0.15) is 6.61 Å². The molecule has 4 nitrogen and oxygen atoms in total. The van der Waals surface area contributed by atoms with Crippen LogP contribution < -0.4 is 0 Å². The van der Waals surface area contributed by atoms with Crippen molar-refractivity contribution in [3.05, 3.63) is 0 Å². The van der Waals surface area contributed by atoms with Gasteiger partial charge < -0.3 is 9.84 Å². The molecular weight excluding hydrogens is 160 g/mol. The molecule has 0 aromatic heterocycles. The van der Waals surface area contributed by atoms with Crippen LogP contribution in [0.3, 0.4) is 0 Å². The molecule has 0 bridgehead atoms. The fourth-order valence-electron chi connectivity index (χ4n) is 0.550. The van der Waals surface area contributed by atoms with Gasteiger partial charge in [-0.1, -0.05) is 5.92 Å². The first-order valence-corrected chi connectivity index (χ1v) is 3.40. The van der Waals surface area contributed by atoms with Crippen LogP contribution in [0.15, 0.2) is 0 Å². The number of carbonyl (C=O) groups excluding carboxylic acids is 1. The largest absolute Gasteiger partial charge is 0.473 e. The van der Waals surface area contributed by atoms with Gasteiger partial charge in [-0.15, -0.1) is 5.92 Å². The second-order valence-electron chi connectivity index (χ2n) is 2.20. The van der Waals surface area contributed by atoms with Gasteiger partial charge in [-0.25, -0.2) is 9.59 Å². The Bertz CT molecular complexity index is 233. The highest BCUT2D eigenvalue weighted by atomic mass is 16.6. The van der Waals surface area contributed by atoms with Gasteiger partial charge in [0.05, 0.1) is 5.92 Å². The van der Waals surface area contributed by atoms with Crippen molar-refractivity contribution in [1.29, 1.82) is 0 Å². The molecule has 1 N–H and O–H groups in total. The molecule has 0 saturated carbocycles. The average Bonchev–Trinajstić information content (AvgIpc) is 2.00. The van der Waals surface area contributed by atoms with Gasteiger partial charge in [-0.3, -0.25) is 0 Å². The third-order valence-electron chi connectivity index (χ3n) is 1.03. The lowest BCUT2D eigenvalue weighted by molar-refractivity contribution is -0.164. The summed E-state index contributed by atoms with van der Waals surface area (Å²) in [5.41, 5.74) is 0. The highest BCUT2D eigenvalue weighted by molar-refractivity contribution is 6.28. The summed E-state index contributed by atoms with van der Waals surface area (Å²) < 4.78 is 4.38. The fraction of sp³-hybridized carbons (Fsp3) is 0.500. The third kappa shape index (κ3) is 4.34. The molecule has 0 amide bonds. The first-order chi connectivity index (χ1) is 5.57. The van der Waals surface area contributed by atoms with Gasteiger partial charge in [0, 0.05) is 0 Å². The van der Waals surface area contributed by atoms with Crippen molar-refractivity contribution in [2.24, 2.45) is 5.92 Å². The van der Waals surface area contributed by atoms with Gasteiger partial charge >= 0.3 is 11.9 Å². The zero-order chi connectivity index (χ0) is 9.56. The molecular formula is C8H10O4. The molecule has 0 spiro atoms. The SMILES string of the molecule is CC#CC(C)COC(=O)C(=O)O. The first kappa shape index (κ1) is 10.5. The molecule has 0 aromatic carbocycles. The Balaban J connectivity index is 3.73. The summed E-state index contributed by atoms with van der Waals surface area (Å²) in [5.74, 6) is 2.41. The highest BCUT2D eigenvalue weighted by Crippen LogP contribution is 1.93. The number of hydrogen-bond acceptors (Lipinski definition) is 3. The van der Waals surface area contributed by atoms with E-state index in [4.69, 9.17) is 5.11 Å². The molecule has 4 heteroatoms. The maximum absolute atomic E-state index is 10.4. The van der Waals surface area contributed by atoms with E-state index in [0.717, 1.165) is 0 Å². The Morgan fingerprint density at radius 3 is 2.58 bits per heavy atom. The predicted octanol–water partition coefficient (Wildman–Crippen LogP) is 0.274. The summed E-state index contributed by atoms with van der Waals surface area (Å²) in [6.07, 6.45) is 0. The van der Waals surface area contributed by atoms with Crippen LogP contribution >= 0.6 is 0 Å². The lowest BCUT2D eigenvalue weighted by Crippen LogP contribution is -2.19. The predicted molar refractivity (Wildman–Crippen MR) is 41.2 cm³/mol. The Labute approximate surface area is 70.5 Å². The van der Waals surface area contributed by atoms with Gasteiger partial charge in [-0.05, 0) is 13.8 Å². The number of carboxylic acids is 1. The molecule has 1 atom stereocenters. The molecule has 66 valence electrons. The molecule has 0 rings (SSSR count). The van der Waals surface area contributed by atoms with Crippen molar-refractivity contribution in [3.8, 4) is 11.8 Å². The lowest BCUT2D eigenvalue weighted by Gasteiger charge is -2.02. The number of ether oxygens (including phenoxy) is 1. The smallest absolute Gasteiger partial charge is 0.417 e. The Morgan fingerprint density at radius 2 is 2.17 bits per heavy atom. The quantitative estimate of drug-likeness (QED) is 0.367. The summed E-state index contributed by atoms with van der Waals surface area (Å²) in [5, 5.41) is 8.11. The van der Waals surface area contributed by atoms with Crippen LogP contribution in [0.4, 0.5) is 0 Å². The van der Waals surface area contributed by atoms with E-state index in [1.807, 2.05) is 0 Å². The summed E-state index contributed by atoms with van der Waals surface area (Å²) >= 11 is 0. The fourth-order valence-corrected chi connectivity index (χ4v) is 0.550. The Hall–Kier alpha value is -1.50. The number of aliphatic carboxylic acids is 1. The van der Waals surface area contributed by atoms with Gasteiger partial charge in [0.2, 0.25) is 0 Å². The molecule has 0 aliphatic heterocycles. The molecule has 0 aliphatic carbocycles. The van der Waals surface area contributed by atoms with Gasteiger partial charge in [0.15, 0.2) is 0 Å². The van der Waals surface area contributed by atoms with Crippen LogP contribution in [0.1, 0.15) is 13.8 Å². The zero-order valence-electron chi connectivity index (χ0n) is 6.96. The number of hydrogen-bond donors (Lipinski definition) is 1. The van der Waals surface area contributed by atoms with Crippen LogP contribution in [0.2, 0.25) is 0 Å². The number of rotatable bonds is 2. The van der Waals surface area contributed by atoms with Crippen LogP contribution in [-0.2, 0) is 14.3 Å². The van der Waals surface area contributed by atoms with Crippen LogP contribution in [0, 0.1) is 17.8 Å². The van der Waals surface area contributed by atoms with E-state index in [0.29, 0.717) is 0 Å². The Kier molecular flexibility index (Phi) is 4.54. The second kappa shape index (κ2) is 5.19. The molecule has 1 unspecified atom stereocenters. The van der Waals surface area contributed by atoms with Crippen molar-refractivity contribution in [3.63, 3.8) is 0 Å². The minimum Gasteiger partial charge on any atom is -0.473 e. The summed E-state index contributed by atoms with van der Waals surface area (Å²) in [6.45, 7) is 3.42. The normalized spacial score (nSPS) is 10.8. The van der Waals surface area contributed by atoms with E-state index in [1.54, 1.807) is 13.8 Å². The van der Waals surface area contributed by atoms with E-state index in [2.05, 4.69) is 16.6 Å². The van der Waals surface area contributed by atoms with E-state index in [9.17, 15) is 9.59 Å². The summed E-state index contributed by atoms with van der Waals surface area (Å²) in [6, 6.07) is 0. The molecule has 0 aromatic rings. The maximum atomic E-state index is 10.4. The summed E-state index contributed by atoms with van der Waals surface area (Å²) in [7, 11) is 0. The molecule has 12 heavy (non-hydrogen) atoms. The molecule has 0 fully saturated rings. The maximum Gasteiger partial charge on any atom is 0.417 e. The van der Waals surface area contributed by atoms with Gasteiger partial charge in [0.25, 0.3) is 0 Å². The second-order valence-corrected chi connectivity index (χ2v) is 2.20. The van der Waals surface area contributed by atoms with E-state index in [1.165, 1.54) is 0 Å². The van der Waals surface area contributed by atoms with Crippen molar-refractivity contribution in [1.82, 2.24) is 0 Å². The van der Waals surface area contributed by atoms with Crippen LogP contribution in [0.25, 0.3) is 0 Å². The van der Waals surface area contributed by atoms with Gasteiger partial charge in [-0.2, -0.15) is 0 Å². The number of carbonyl (C=O) groups is 2. The molecule has 0 saturated heterocycles. The van der Waals surface area contributed by atoms with Crippen molar-refractivity contribution in [2.45, 2.75) is 13.8 Å². The number of carboxylic acid groups (broad SMARTS) is 1. The topological polar surface area (TPSA) is 63.6 Å². The van der Waals surface area contributed by atoms with Crippen LogP contribution in [-0.4, -0.2) is 23.7 Å². The monoisotopic (exact) mass is 170 g/mol. The standard InChI is InChI=1S/C8H10O4/c1-3-4-6(2)5-12-8(11)7(9)10/h6H,5H2,1-2H3,(H,9,10). The first-order valence-electron chi connectivity index (χ1n) is 3.40. The zero-order valence-corrected chi connectivity index (χ0v) is 6.96. The summed E-state index contributed by atoms with van der Waals surface area (Å²) in [4.78, 5) is 20.3. The lowest BCUT2D eigenvalue weighted by atomic mass is 10.2. The molecule has 0 heterocycles. The average molecular weight is 170 g/mol.